The number of rotatable bonds is 12. The van der Waals surface area contributed by atoms with Gasteiger partial charge in [-0.15, -0.1) is 0 Å². The highest BCUT2D eigenvalue weighted by Crippen LogP contribution is 2.33. The van der Waals surface area contributed by atoms with Crippen molar-refractivity contribution in [2.75, 3.05) is 26.2 Å². The van der Waals surface area contributed by atoms with Crippen LogP contribution in [0.2, 0.25) is 0 Å². The Hall–Kier alpha value is -0.120. The van der Waals surface area contributed by atoms with Crippen LogP contribution in [0.4, 0.5) is 0 Å². The minimum Gasteiger partial charge on any atom is -0.394 e. The summed E-state index contributed by atoms with van der Waals surface area (Å²) in [4.78, 5) is 2.72. The van der Waals surface area contributed by atoms with Crippen molar-refractivity contribution in [1.82, 2.24) is 10.2 Å². The summed E-state index contributed by atoms with van der Waals surface area (Å²) in [6.45, 7) is 10.6. The molecule has 21 heavy (non-hydrogen) atoms. The van der Waals surface area contributed by atoms with E-state index in [2.05, 4.69) is 31.0 Å². The lowest BCUT2D eigenvalue weighted by molar-refractivity contribution is 0.151. The smallest absolute Gasteiger partial charge is 0.0610 e. The van der Waals surface area contributed by atoms with E-state index < -0.39 is 0 Å². The van der Waals surface area contributed by atoms with Gasteiger partial charge >= 0.3 is 0 Å². The van der Waals surface area contributed by atoms with E-state index in [1.807, 2.05) is 0 Å². The van der Waals surface area contributed by atoms with Gasteiger partial charge in [0.1, 0.15) is 0 Å². The molecule has 2 aliphatic rings. The average Bonchev–Trinajstić information content (AvgIpc) is 3.29. The quantitative estimate of drug-likeness (QED) is 0.543. The van der Waals surface area contributed by atoms with E-state index in [0.717, 1.165) is 18.3 Å². The Morgan fingerprint density at radius 1 is 1.10 bits per heavy atom. The highest BCUT2D eigenvalue weighted by molar-refractivity contribution is 4.85. The number of nitrogens with one attached hydrogen (secondary N) is 1. The summed E-state index contributed by atoms with van der Waals surface area (Å²) in [5.74, 6) is 2.02. The lowest BCUT2D eigenvalue weighted by Gasteiger charge is -2.31. The van der Waals surface area contributed by atoms with Crippen molar-refractivity contribution in [3.8, 4) is 0 Å². The van der Waals surface area contributed by atoms with Gasteiger partial charge in [0.2, 0.25) is 0 Å². The number of hydrogen-bond acceptors (Lipinski definition) is 3. The Labute approximate surface area is 131 Å². The first-order valence-corrected chi connectivity index (χ1v) is 9.11. The van der Waals surface area contributed by atoms with Crippen LogP contribution >= 0.6 is 0 Å². The van der Waals surface area contributed by atoms with Gasteiger partial charge in [-0.3, -0.25) is 0 Å². The first kappa shape index (κ1) is 17.2. The van der Waals surface area contributed by atoms with Crippen LogP contribution in [0.25, 0.3) is 0 Å². The predicted molar refractivity (Wildman–Crippen MR) is 89.5 cm³/mol. The number of hydrogen-bond donors (Lipinski definition) is 2. The topological polar surface area (TPSA) is 35.5 Å². The molecule has 0 amide bonds. The zero-order chi connectivity index (χ0) is 15.3. The van der Waals surface area contributed by atoms with E-state index in [1.165, 1.54) is 58.2 Å². The maximum absolute atomic E-state index is 9.62. The molecule has 3 nitrogen and oxygen atoms in total. The van der Waals surface area contributed by atoms with Crippen LogP contribution in [-0.2, 0) is 0 Å². The molecule has 0 aromatic rings. The van der Waals surface area contributed by atoms with Gasteiger partial charge in [-0.2, -0.15) is 0 Å². The van der Waals surface area contributed by atoms with Gasteiger partial charge in [0.25, 0.3) is 0 Å². The van der Waals surface area contributed by atoms with Crippen LogP contribution in [0.1, 0.15) is 65.7 Å². The zero-order valence-corrected chi connectivity index (χ0v) is 14.4. The summed E-state index contributed by atoms with van der Waals surface area (Å²) < 4.78 is 0. The van der Waals surface area contributed by atoms with Crippen molar-refractivity contribution >= 4 is 0 Å². The second kappa shape index (κ2) is 7.94. The summed E-state index contributed by atoms with van der Waals surface area (Å²) >= 11 is 0. The minimum absolute atomic E-state index is 0.105. The zero-order valence-electron chi connectivity index (χ0n) is 14.4. The van der Waals surface area contributed by atoms with Gasteiger partial charge in [0.15, 0.2) is 0 Å². The first-order chi connectivity index (χ1) is 10.0. The Morgan fingerprint density at radius 2 is 1.67 bits per heavy atom. The monoisotopic (exact) mass is 296 g/mol. The number of unbranched alkanes of at least 4 members (excludes halogenated alkanes) is 1. The lowest BCUT2D eigenvalue weighted by atomic mass is 9.94. The fourth-order valence-corrected chi connectivity index (χ4v) is 3.33. The third kappa shape index (κ3) is 7.12. The average molecular weight is 296 g/mol. The van der Waals surface area contributed by atoms with Gasteiger partial charge in [-0.05, 0) is 63.8 Å². The van der Waals surface area contributed by atoms with Crippen molar-refractivity contribution in [2.45, 2.75) is 77.3 Å². The molecule has 2 N–H and O–H groups in total. The largest absolute Gasteiger partial charge is 0.394 e. The van der Waals surface area contributed by atoms with Crippen LogP contribution in [0.5, 0.6) is 0 Å². The molecule has 2 fully saturated rings. The van der Waals surface area contributed by atoms with Crippen LogP contribution in [0.15, 0.2) is 0 Å². The number of aliphatic hydroxyl groups excluding tert-OH is 1. The molecule has 0 radical (unpaired) electrons. The van der Waals surface area contributed by atoms with Crippen LogP contribution in [0.3, 0.4) is 0 Å². The maximum Gasteiger partial charge on any atom is 0.0610 e. The number of nitrogens with zero attached hydrogens (tertiary/aromatic N) is 1. The van der Waals surface area contributed by atoms with Crippen molar-refractivity contribution in [2.24, 2.45) is 11.8 Å². The third-order valence-electron chi connectivity index (χ3n) is 4.87. The standard InChI is InChI=1S/C18H36N2O/c1-15(2)19-18(3,14-21)10-4-5-11-20(12-16-6-7-16)13-17-8-9-17/h15-17,19,21H,4-14H2,1-3H3. The summed E-state index contributed by atoms with van der Waals surface area (Å²) in [6.07, 6.45) is 9.40. The van der Waals surface area contributed by atoms with Crippen LogP contribution in [0, 0.1) is 11.8 Å². The van der Waals surface area contributed by atoms with Gasteiger partial charge in [0, 0.05) is 24.7 Å². The van der Waals surface area contributed by atoms with Crippen molar-refractivity contribution in [3.63, 3.8) is 0 Å². The predicted octanol–water partition coefficient (Wildman–Crippen LogP) is 3.03. The summed E-state index contributed by atoms with van der Waals surface area (Å²) in [6, 6.07) is 0.434. The van der Waals surface area contributed by atoms with Gasteiger partial charge < -0.3 is 15.3 Å². The molecule has 0 bridgehead atoms. The Morgan fingerprint density at radius 3 is 2.10 bits per heavy atom. The molecule has 0 aromatic carbocycles. The Balaban J connectivity index is 1.63. The van der Waals surface area contributed by atoms with E-state index in [1.54, 1.807) is 0 Å². The molecule has 3 heteroatoms. The molecule has 2 aliphatic carbocycles. The molecular formula is C18H36N2O. The summed E-state index contributed by atoms with van der Waals surface area (Å²) in [5.41, 5.74) is -0.105. The van der Waals surface area contributed by atoms with Crippen molar-refractivity contribution in [1.29, 1.82) is 0 Å². The Bertz CT molecular complexity index is 286. The summed E-state index contributed by atoms with van der Waals surface area (Å²) in [5, 5.41) is 13.1. The molecule has 124 valence electrons. The van der Waals surface area contributed by atoms with E-state index in [-0.39, 0.29) is 12.1 Å². The second-order valence-corrected chi connectivity index (χ2v) is 8.12. The van der Waals surface area contributed by atoms with E-state index in [0.29, 0.717) is 6.04 Å². The van der Waals surface area contributed by atoms with Crippen molar-refractivity contribution in [3.05, 3.63) is 0 Å². The lowest BCUT2D eigenvalue weighted by Crippen LogP contribution is -2.49. The molecule has 0 saturated heterocycles. The molecule has 0 heterocycles. The van der Waals surface area contributed by atoms with E-state index in [4.69, 9.17) is 0 Å². The van der Waals surface area contributed by atoms with Gasteiger partial charge in [-0.25, -0.2) is 0 Å². The third-order valence-corrected chi connectivity index (χ3v) is 4.87. The van der Waals surface area contributed by atoms with E-state index in [9.17, 15) is 5.11 Å². The number of aliphatic hydroxyl groups is 1. The van der Waals surface area contributed by atoms with E-state index >= 15 is 0 Å². The molecule has 2 rings (SSSR count). The molecule has 0 aromatic heterocycles. The molecule has 1 atom stereocenters. The van der Waals surface area contributed by atoms with Gasteiger partial charge in [-0.1, -0.05) is 20.3 Å². The summed E-state index contributed by atoms with van der Waals surface area (Å²) in [7, 11) is 0. The second-order valence-electron chi connectivity index (χ2n) is 8.12. The molecule has 0 aliphatic heterocycles. The highest BCUT2D eigenvalue weighted by atomic mass is 16.3. The minimum atomic E-state index is -0.105. The first-order valence-electron chi connectivity index (χ1n) is 9.11. The molecule has 2 saturated carbocycles. The Kier molecular flexibility index (Phi) is 6.51. The fourth-order valence-electron chi connectivity index (χ4n) is 3.33. The maximum atomic E-state index is 9.62. The molecule has 1 unspecified atom stereocenters. The van der Waals surface area contributed by atoms with Crippen LogP contribution in [-0.4, -0.2) is 47.8 Å². The van der Waals surface area contributed by atoms with Crippen LogP contribution < -0.4 is 5.32 Å². The molecule has 0 spiro atoms. The normalized spacial score (nSPS) is 22.0. The van der Waals surface area contributed by atoms with Gasteiger partial charge in [0.05, 0.1) is 6.61 Å². The SMILES string of the molecule is CC(C)NC(C)(CO)CCCCN(CC1CC1)CC1CC1. The van der Waals surface area contributed by atoms with Crippen molar-refractivity contribution < 1.29 is 5.11 Å². The molecular weight excluding hydrogens is 260 g/mol. The highest BCUT2D eigenvalue weighted by Gasteiger charge is 2.29. The fraction of sp³-hybridized carbons (Fsp3) is 1.00.